The number of ether oxygens (including phenoxy) is 1. The minimum atomic E-state index is -3.73. The normalized spacial score (nSPS) is 23.2. The van der Waals surface area contributed by atoms with E-state index >= 15 is 0 Å². The zero-order valence-electron chi connectivity index (χ0n) is 15.4. The second-order valence-electron chi connectivity index (χ2n) is 6.98. The molecule has 2 aromatic carbocycles. The van der Waals surface area contributed by atoms with Crippen molar-refractivity contribution < 1.29 is 17.9 Å². The fourth-order valence-corrected chi connectivity index (χ4v) is 5.27. The van der Waals surface area contributed by atoms with Gasteiger partial charge in [0.25, 0.3) is 0 Å². The summed E-state index contributed by atoms with van der Waals surface area (Å²) in [6.45, 7) is 5.20. The van der Waals surface area contributed by atoms with Crippen LogP contribution >= 0.6 is 0 Å². The number of carbonyl (C=O) groups is 1. The molecule has 0 fully saturated rings. The van der Waals surface area contributed by atoms with Crippen LogP contribution in [-0.2, 0) is 16.3 Å². The van der Waals surface area contributed by atoms with Gasteiger partial charge in [-0.25, -0.2) is 8.42 Å². The Morgan fingerprint density at radius 1 is 1.19 bits per heavy atom. The van der Waals surface area contributed by atoms with Crippen LogP contribution in [-0.4, -0.2) is 32.2 Å². The van der Waals surface area contributed by atoms with Crippen molar-refractivity contribution >= 4 is 15.6 Å². The first-order valence-electron chi connectivity index (χ1n) is 8.48. The smallest absolute Gasteiger partial charge is 0.197 e. The number of rotatable bonds is 3. The summed E-state index contributed by atoms with van der Waals surface area (Å²) in [6.07, 6.45) is 0.173. The summed E-state index contributed by atoms with van der Waals surface area (Å²) in [6, 6.07) is 11.4. The fraction of sp³-hybridized carbons (Fsp3) is 0.350. The van der Waals surface area contributed by atoms with Gasteiger partial charge < -0.3 is 4.74 Å². The molecule has 0 aromatic heterocycles. The maximum Gasteiger partial charge on any atom is 0.197 e. The van der Waals surface area contributed by atoms with Gasteiger partial charge in [0.15, 0.2) is 15.6 Å². The van der Waals surface area contributed by atoms with Crippen molar-refractivity contribution in [3.63, 3.8) is 0 Å². The van der Waals surface area contributed by atoms with Crippen LogP contribution in [0.25, 0.3) is 0 Å². The largest absolute Gasteiger partial charge is 0.497 e. The summed E-state index contributed by atoms with van der Waals surface area (Å²) in [7, 11) is -2.18. The second-order valence-corrected chi connectivity index (χ2v) is 9.36. The van der Waals surface area contributed by atoms with E-state index in [9.17, 15) is 13.2 Å². The summed E-state index contributed by atoms with van der Waals surface area (Å²) in [5.41, 5.74) is 2.08. The average molecular weight is 373 g/mol. The molecule has 0 aliphatic carbocycles. The predicted octanol–water partition coefficient (Wildman–Crippen LogP) is 2.91. The lowest BCUT2D eigenvalue weighted by Gasteiger charge is -2.31. The highest BCUT2D eigenvalue weighted by Crippen LogP contribution is 2.33. The van der Waals surface area contributed by atoms with Gasteiger partial charge in [-0.1, -0.05) is 12.1 Å². The van der Waals surface area contributed by atoms with E-state index < -0.39 is 20.8 Å². The van der Waals surface area contributed by atoms with Crippen LogP contribution in [0.2, 0.25) is 0 Å². The number of methoxy groups -OCH3 is 1. The molecule has 138 valence electrons. The van der Waals surface area contributed by atoms with Gasteiger partial charge in [-0.3, -0.25) is 10.1 Å². The molecule has 1 aliphatic heterocycles. The van der Waals surface area contributed by atoms with Crippen LogP contribution in [0.4, 0.5) is 0 Å². The van der Waals surface area contributed by atoms with Crippen LogP contribution in [0, 0.1) is 6.92 Å². The molecule has 1 aliphatic rings. The highest BCUT2D eigenvalue weighted by Gasteiger charge is 2.45. The Bertz CT molecular complexity index is 968. The number of hydrogen-bond acceptors (Lipinski definition) is 5. The Balaban J connectivity index is 2.15. The molecule has 0 spiro atoms. The number of sulfone groups is 1. The molecule has 0 radical (unpaired) electrons. The van der Waals surface area contributed by atoms with Crippen LogP contribution in [0.3, 0.4) is 0 Å². The van der Waals surface area contributed by atoms with Crippen LogP contribution in [0.1, 0.15) is 35.3 Å². The van der Waals surface area contributed by atoms with Crippen molar-refractivity contribution in [2.75, 3.05) is 7.11 Å². The van der Waals surface area contributed by atoms with Crippen molar-refractivity contribution in [3.8, 4) is 5.75 Å². The van der Waals surface area contributed by atoms with Crippen molar-refractivity contribution in [2.24, 2.45) is 0 Å². The Hall–Kier alpha value is -2.18. The third-order valence-corrected chi connectivity index (χ3v) is 7.24. The number of benzene rings is 2. The molecule has 2 aromatic rings. The number of nitrogens with one attached hydrogen (secondary N) is 1. The standard InChI is InChI=1S/C20H23NO4S/c1-13-6-5-7-17(10-13)26(23,24)20(3)12-15-11-16(25-4)8-9-18(15)19(22)14(2)21-20/h5-11,14,21H,12H2,1-4H3. The summed E-state index contributed by atoms with van der Waals surface area (Å²) < 4.78 is 32.1. The van der Waals surface area contributed by atoms with Gasteiger partial charge in [-0.05, 0) is 62.2 Å². The fourth-order valence-electron chi connectivity index (χ4n) is 3.47. The summed E-state index contributed by atoms with van der Waals surface area (Å²) in [5.74, 6) is 0.479. The summed E-state index contributed by atoms with van der Waals surface area (Å²) in [4.78, 5) is 11.7. The van der Waals surface area contributed by atoms with Gasteiger partial charge in [0.2, 0.25) is 0 Å². The first-order chi connectivity index (χ1) is 12.2. The molecule has 0 saturated carbocycles. The van der Waals surface area contributed by atoms with Gasteiger partial charge in [-0.2, -0.15) is 0 Å². The zero-order valence-corrected chi connectivity index (χ0v) is 16.2. The number of aryl methyl sites for hydroxylation is 1. The maximum atomic E-state index is 13.4. The zero-order chi connectivity index (χ0) is 19.1. The first-order valence-corrected chi connectivity index (χ1v) is 9.96. The first kappa shape index (κ1) is 18.6. The lowest BCUT2D eigenvalue weighted by molar-refractivity contribution is 0.0947. The van der Waals surface area contributed by atoms with Crippen LogP contribution in [0.15, 0.2) is 47.4 Å². The van der Waals surface area contributed by atoms with Crippen LogP contribution < -0.4 is 10.1 Å². The van der Waals surface area contributed by atoms with E-state index in [2.05, 4.69) is 5.32 Å². The van der Waals surface area contributed by atoms with Gasteiger partial charge in [0.05, 0.1) is 18.0 Å². The van der Waals surface area contributed by atoms with E-state index in [1.165, 1.54) is 0 Å². The van der Waals surface area contributed by atoms with Gasteiger partial charge in [0, 0.05) is 12.0 Å². The van der Waals surface area contributed by atoms with Gasteiger partial charge >= 0.3 is 0 Å². The Morgan fingerprint density at radius 3 is 2.58 bits per heavy atom. The molecule has 1 heterocycles. The molecular weight excluding hydrogens is 350 g/mol. The Morgan fingerprint density at radius 2 is 1.92 bits per heavy atom. The van der Waals surface area contributed by atoms with Crippen molar-refractivity contribution in [3.05, 3.63) is 59.2 Å². The maximum absolute atomic E-state index is 13.4. The molecule has 0 bridgehead atoms. The number of hydrogen-bond donors (Lipinski definition) is 1. The third-order valence-electron chi connectivity index (χ3n) is 4.91. The number of carbonyl (C=O) groups excluding carboxylic acids is 1. The lowest BCUT2D eigenvalue weighted by atomic mass is 9.98. The van der Waals surface area contributed by atoms with Crippen molar-refractivity contribution in [2.45, 2.75) is 43.0 Å². The van der Waals surface area contributed by atoms with E-state index in [4.69, 9.17) is 4.74 Å². The van der Waals surface area contributed by atoms with Crippen molar-refractivity contribution in [1.29, 1.82) is 0 Å². The average Bonchev–Trinajstić information content (AvgIpc) is 2.69. The molecule has 26 heavy (non-hydrogen) atoms. The van der Waals surface area contributed by atoms with E-state index in [1.54, 1.807) is 57.4 Å². The molecule has 3 rings (SSSR count). The minimum Gasteiger partial charge on any atom is -0.497 e. The van der Waals surface area contributed by atoms with E-state index in [-0.39, 0.29) is 17.1 Å². The summed E-state index contributed by atoms with van der Waals surface area (Å²) >= 11 is 0. The van der Waals surface area contributed by atoms with E-state index in [0.717, 1.165) is 5.56 Å². The minimum absolute atomic E-state index is 0.120. The molecule has 2 unspecified atom stereocenters. The number of Topliss-reactive ketones (excluding diaryl/α,β-unsaturated/α-hetero) is 1. The van der Waals surface area contributed by atoms with Crippen molar-refractivity contribution in [1.82, 2.24) is 5.32 Å². The second kappa shape index (κ2) is 6.52. The SMILES string of the molecule is COc1ccc2c(c1)CC(C)(S(=O)(=O)c1cccc(C)c1)NC(C)C2=O. The monoisotopic (exact) mass is 373 g/mol. The Kier molecular flexibility index (Phi) is 4.67. The van der Waals surface area contributed by atoms with Gasteiger partial charge in [-0.15, -0.1) is 0 Å². The molecular formula is C20H23NO4S. The van der Waals surface area contributed by atoms with E-state index in [1.807, 2.05) is 13.0 Å². The lowest BCUT2D eigenvalue weighted by Crippen LogP contribution is -2.54. The summed E-state index contributed by atoms with van der Waals surface area (Å²) in [5, 5.41) is 3.07. The molecule has 0 saturated heterocycles. The number of ketones is 1. The van der Waals surface area contributed by atoms with E-state index in [0.29, 0.717) is 16.9 Å². The highest BCUT2D eigenvalue weighted by atomic mass is 32.2. The number of fused-ring (bicyclic) bond motifs is 1. The molecule has 2 atom stereocenters. The topological polar surface area (TPSA) is 72.5 Å². The Labute approximate surface area is 154 Å². The molecule has 6 heteroatoms. The highest BCUT2D eigenvalue weighted by molar-refractivity contribution is 7.92. The quantitative estimate of drug-likeness (QED) is 0.896. The van der Waals surface area contributed by atoms with Crippen LogP contribution in [0.5, 0.6) is 5.75 Å². The molecule has 5 nitrogen and oxygen atoms in total. The molecule has 0 amide bonds. The third kappa shape index (κ3) is 3.04. The molecule has 1 N–H and O–H groups in total. The van der Waals surface area contributed by atoms with Gasteiger partial charge in [0.1, 0.15) is 10.6 Å². The predicted molar refractivity (Wildman–Crippen MR) is 100 cm³/mol.